The Labute approximate surface area is 227 Å². The summed E-state index contributed by atoms with van der Waals surface area (Å²) in [6.07, 6.45) is 3.72. The van der Waals surface area contributed by atoms with E-state index in [0.29, 0.717) is 37.5 Å². The average Bonchev–Trinajstić information content (AvgIpc) is 3.41. The maximum Gasteiger partial charge on any atom is 0.257 e. The Morgan fingerprint density at radius 2 is 1.44 bits per heavy atom. The summed E-state index contributed by atoms with van der Waals surface area (Å²) < 4.78 is 13.2. The molecule has 3 heterocycles. The van der Waals surface area contributed by atoms with Crippen LogP contribution >= 0.6 is 0 Å². The van der Waals surface area contributed by atoms with Crippen LogP contribution in [0.4, 0.5) is 5.82 Å². The summed E-state index contributed by atoms with van der Waals surface area (Å²) in [4.78, 5) is 26.9. The minimum atomic E-state index is -0.0211. The second-order valence-electron chi connectivity index (χ2n) is 9.33. The van der Waals surface area contributed by atoms with E-state index in [1.807, 2.05) is 71.6 Å². The van der Waals surface area contributed by atoms with Crippen LogP contribution in [0.25, 0.3) is 27.8 Å². The molecule has 1 amide bonds. The van der Waals surface area contributed by atoms with Gasteiger partial charge in [0.1, 0.15) is 23.6 Å². The molecule has 8 heteroatoms. The fourth-order valence-electron chi connectivity index (χ4n) is 5.25. The summed E-state index contributed by atoms with van der Waals surface area (Å²) in [7, 11) is 3.26. The third-order valence-electron chi connectivity index (χ3n) is 7.20. The highest BCUT2D eigenvalue weighted by atomic mass is 16.5. The summed E-state index contributed by atoms with van der Waals surface area (Å²) >= 11 is 0. The van der Waals surface area contributed by atoms with E-state index in [2.05, 4.69) is 27.8 Å². The Balaban J connectivity index is 1.38. The Morgan fingerprint density at radius 1 is 0.769 bits per heavy atom. The summed E-state index contributed by atoms with van der Waals surface area (Å²) in [5, 5.41) is 0.971. The lowest BCUT2D eigenvalue weighted by molar-refractivity contribution is 0.0743. The lowest BCUT2D eigenvalue weighted by Crippen LogP contribution is -2.49. The molecular weight excluding hydrogens is 490 g/mol. The van der Waals surface area contributed by atoms with Gasteiger partial charge in [0.15, 0.2) is 5.65 Å². The molecule has 0 aliphatic carbocycles. The molecule has 1 fully saturated rings. The molecule has 0 saturated carbocycles. The predicted molar refractivity (Wildman–Crippen MR) is 152 cm³/mol. The average molecular weight is 520 g/mol. The lowest BCUT2D eigenvalue weighted by atomic mass is 10.1. The van der Waals surface area contributed by atoms with Crippen molar-refractivity contribution in [3.63, 3.8) is 0 Å². The molecule has 0 N–H and O–H groups in total. The van der Waals surface area contributed by atoms with E-state index in [0.717, 1.165) is 39.4 Å². The molecule has 1 saturated heterocycles. The van der Waals surface area contributed by atoms with Crippen molar-refractivity contribution in [3.8, 4) is 28.3 Å². The summed E-state index contributed by atoms with van der Waals surface area (Å²) in [5.41, 5.74) is 4.41. The molecule has 8 nitrogen and oxygen atoms in total. The van der Waals surface area contributed by atoms with Crippen LogP contribution in [-0.2, 0) is 0 Å². The number of hydrogen-bond acceptors (Lipinski definition) is 6. The fourth-order valence-corrected chi connectivity index (χ4v) is 5.25. The normalized spacial score (nSPS) is 13.5. The van der Waals surface area contributed by atoms with Gasteiger partial charge in [0, 0.05) is 37.9 Å². The molecule has 0 bridgehead atoms. The molecule has 0 radical (unpaired) electrons. The first-order valence-corrected chi connectivity index (χ1v) is 12.9. The van der Waals surface area contributed by atoms with Crippen molar-refractivity contribution in [1.29, 1.82) is 0 Å². The van der Waals surface area contributed by atoms with E-state index < -0.39 is 0 Å². The third-order valence-corrected chi connectivity index (χ3v) is 7.20. The van der Waals surface area contributed by atoms with E-state index >= 15 is 0 Å². The van der Waals surface area contributed by atoms with Gasteiger partial charge >= 0.3 is 0 Å². The molecule has 2 aromatic heterocycles. The topological polar surface area (TPSA) is 72.7 Å². The van der Waals surface area contributed by atoms with E-state index in [4.69, 9.17) is 19.4 Å². The summed E-state index contributed by atoms with van der Waals surface area (Å²) in [5.74, 6) is 2.19. The molecule has 39 heavy (non-hydrogen) atoms. The smallest absolute Gasteiger partial charge is 0.257 e. The molecule has 0 spiro atoms. The Morgan fingerprint density at radius 3 is 2.18 bits per heavy atom. The number of benzene rings is 3. The second kappa shape index (κ2) is 10.5. The highest BCUT2D eigenvalue weighted by Gasteiger charge is 2.27. The van der Waals surface area contributed by atoms with Gasteiger partial charge in [0.25, 0.3) is 5.91 Å². The minimum absolute atomic E-state index is 0.0211. The number of aromatic nitrogens is 3. The van der Waals surface area contributed by atoms with Crippen LogP contribution in [0.15, 0.2) is 91.4 Å². The van der Waals surface area contributed by atoms with Gasteiger partial charge in [0.05, 0.1) is 30.9 Å². The monoisotopic (exact) mass is 519 g/mol. The number of ether oxygens (including phenoxy) is 2. The van der Waals surface area contributed by atoms with Gasteiger partial charge in [-0.3, -0.25) is 9.36 Å². The number of fused-ring (bicyclic) bond motifs is 1. The van der Waals surface area contributed by atoms with Crippen LogP contribution < -0.4 is 14.4 Å². The van der Waals surface area contributed by atoms with E-state index in [9.17, 15) is 4.79 Å². The number of carbonyl (C=O) groups excluding carboxylic acids is 1. The van der Waals surface area contributed by atoms with Crippen molar-refractivity contribution < 1.29 is 14.3 Å². The van der Waals surface area contributed by atoms with Crippen LogP contribution in [0.3, 0.4) is 0 Å². The first-order valence-electron chi connectivity index (χ1n) is 12.9. The van der Waals surface area contributed by atoms with Crippen LogP contribution in [-0.4, -0.2) is 65.7 Å². The quantitative estimate of drug-likeness (QED) is 0.312. The van der Waals surface area contributed by atoms with Gasteiger partial charge in [-0.1, -0.05) is 54.6 Å². The molecule has 1 aliphatic rings. The molecule has 6 rings (SSSR count). The number of para-hydroxylation sites is 3. The maximum absolute atomic E-state index is 13.3. The predicted octanol–water partition coefficient (Wildman–Crippen LogP) is 5.07. The highest BCUT2D eigenvalue weighted by Crippen LogP contribution is 2.38. The van der Waals surface area contributed by atoms with Gasteiger partial charge in [-0.05, 0) is 29.8 Å². The van der Waals surface area contributed by atoms with Crippen molar-refractivity contribution in [2.75, 3.05) is 45.3 Å². The molecule has 3 aromatic carbocycles. The third kappa shape index (κ3) is 4.44. The number of methoxy groups -OCH3 is 2. The Bertz CT molecular complexity index is 1620. The van der Waals surface area contributed by atoms with Gasteiger partial charge in [-0.15, -0.1) is 0 Å². The largest absolute Gasteiger partial charge is 0.496 e. The fraction of sp³-hybridized carbons (Fsp3) is 0.194. The first kappa shape index (κ1) is 24.5. The molecule has 196 valence electrons. The number of carbonyl (C=O) groups is 1. The number of amides is 1. The second-order valence-corrected chi connectivity index (χ2v) is 9.33. The molecule has 0 unspecified atom stereocenters. The number of anilines is 1. The molecule has 0 atom stereocenters. The molecule has 5 aromatic rings. The van der Waals surface area contributed by atoms with E-state index in [-0.39, 0.29) is 5.91 Å². The summed E-state index contributed by atoms with van der Waals surface area (Å²) in [6, 6.07) is 25.6. The zero-order valence-corrected chi connectivity index (χ0v) is 21.9. The van der Waals surface area contributed by atoms with Gasteiger partial charge in [-0.2, -0.15) is 0 Å². The molecular formula is C31H29N5O3. The number of nitrogens with zero attached hydrogens (tertiary/aromatic N) is 5. The zero-order valence-electron chi connectivity index (χ0n) is 21.9. The Kier molecular flexibility index (Phi) is 6.59. The van der Waals surface area contributed by atoms with E-state index in [1.54, 1.807) is 20.5 Å². The number of piperazine rings is 1. The summed E-state index contributed by atoms with van der Waals surface area (Å²) in [6.45, 7) is 2.47. The van der Waals surface area contributed by atoms with Crippen molar-refractivity contribution in [2.24, 2.45) is 0 Å². The van der Waals surface area contributed by atoms with Gasteiger partial charge < -0.3 is 19.3 Å². The van der Waals surface area contributed by atoms with Gasteiger partial charge in [0.2, 0.25) is 0 Å². The first-order chi connectivity index (χ1) is 19.2. The number of rotatable bonds is 6. The van der Waals surface area contributed by atoms with Crippen molar-refractivity contribution in [3.05, 3.63) is 97.0 Å². The van der Waals surface area contributed by atoms with Gasteiger partial charge in [-0.25, -0.2) is 9.97 Å². The Hall–Kier alpha value is -4.85. The minimum Gasteiger partial charge on any atom is -0.496 e. The molecule has 1 aliphatic heterocycles. The maximum atomic E-state index is 13.3. The SMILES string of the molecule is COc1ccccc1C(=O)N1CCN(c2ncnc3c2c(-c2ccccc2)cn3-c2ccccc2OC)CC1. The van der Waals surface area contributed by atoms with Crippen LogP contribution in [0.1, 0.15) is 10.4 Å². The highest BCUT2D eigenvalue weighted by molar-refractivity contribution is 6.03. The zero-order chi connectivity index (χ0) is 26.8. The van der Waals surface area contributed by atoms with Crippen LogP contribution in [0.2, 0.25) is 0 Å². The van der Waals surface area contributed by atoms with Crippen molar-refractivity contribution >= 4 is 22.8 Å². The number of hydrogen-bond donors (Lipinski definition) is 0. The van der Waals surface area contributed by atoms with Crippen molar-refractivity contribution in [1.82, 2.24) is 19.4 Å². The van der Waals surface area contributed by atoms with Crippen LogP contribution in [0.5, 0.6) is 11.5 Å². The van der Waals surface area contributed by atoms with E-state index in [1.165, 1.54) is 0 Å². The lowest BCUT2D eigenvalue weighted by Gasteiger charge is -2.36. The standard InChI is InChI=1S/C31H29N5O3/c1-38-26-14-8-6-12-23(26)31(37)35-18-16-34(17-19-35)29-28-24(22-10-4-3-5-11-22)20-36(30(28)33-21-32-29)25-13-7-9-15-27(25)39-2/h3-15,20-21H,16-19H2,1-2H3. The van der Waals surface area contributed by atoms with Crippen LogP contribution in [0, 0.1) is 0 Å². The van der Waals surface area contributed by atoms with Crippen molar-refractivity contribution in [2.45, 2.75) is 0 Å².